The van der Waals surface area contributed by atoms with Gasteiger partial charge in [0, 0.05) is 4.43 Å². The molecule has 0 aliphatic heterocycles. The van der Waals surface area contributed by atoms with Crippen molar-refractivity contribution in [3.63, 3.8) is 0 Å². The Morgan fingerprint density at radius 3 is 2.29 bits per heavy atom. The Morgan fingerprint density at radius 1 is 1.29 bits per heavy atom. The van der Waals surface area contributed by atoms with Gasteiger partial charge in [0.25, 0.3) is 0 Å². The van der Waals surface area contributed by atoms with Gasteiger partial charge in [-0.1, -0.05) is 22.6 Å². The fourth-order valence-electron chi connectivity index (χ4n) is 0.956. The minimum absolute atomic E-state index is 0.138. The lowest BCUT2D eigenvalue weighted by Crippen LogP contribution is -2.07. The molecule has 1 aromatic carbocycles. The monoisotopic (exact) mass is 321 g/mol. The van der Waals surface area contributed by atoms with Crippen LogP contribution in [-0.2, 0) is 9.84 Å². The Kier molecular flexibility index (Phi) is 3.89. The van der Waals surface area contributed by atoms with E-state index in [0.29, 0.717) is 9.99 Å². The lowest BCUT2D eigenvalue weighted by atomic mass is 10.2. The molecule has 0 saturated heterocycles. The van der Waals surface area contributed by atoms with Gasteiger partial charge in [-0.3, -0.25) is 0 Å². The van der Waals surface area contributed by atoms with E-state index in [4.69, 9.17) is 5.26 Å². The summed E-state index contributed by atoms with van der Waals surface area (Å²) in [5.74, 6) is 0.138. The second-order valence-corrected chi connectivity index (χ2v) is 5.83. The van der Waals surface area contributed by atoms with Crippen molar-refractivity contribution in [1.82, 2.24) is 0 Å². The van der Waals surface area contributed by atoms with E-state index < -0.39 is 9.84 Å². The maximum atomic E-state index is 11.5. The second kappa shape index (κ2) is 4.75. The Labute approximate surface area is 96.8 Å². The third kappa shape index (κ3) is 2.69. The minimum atomic E-state index is -3.15. The fourth-order valence-corrected chi connectivity index (χ4v) is 3.69. The lowest BCUT2D eigenvalue weighted by molar-refractivity contribution is 0.598. The van der Waals surface area contributed by atoms with Crippen LogP contribution < -0.4 is 0 Å². The van der Waals surface area contributed by atoms with Crippen LogP contribution in [0.25, 0.3) is 0 Å². The van der Waals surface area contributed by atoms with Crippen LogP contribution in [0.1, 0.15) is 5.56 Å². The molecular formula is C9H8INO2S. The third-order valence-electron chi connectivity index (χ3n) is 1.69. The summed E-state index contributed by atoms with van der Waals surface area (Å²) in [5, 5.41) is 8.53. The fraction of sp³-hybridized carbons (Fsp3) is 0.222. The zero-order valence-electron chi connectivity index (χ0n) is 7.27. The van der Waals surface area contributed by atoms with Gasteiger partial charge in [0.2, 0.25) is 0 Å². The molecule has 3 nitrogen and oxygen atoms in total. The number of sulfone groups is 1. The summed E-state index contributed by atoms with van der Waals surface area (Å²) < 4.78 is 23.7. The van der Waals surface area contributed by atoms with Gasteiger partial charge in [-0.2, -0.15) is 5.26 Å². The van der Waals surface area contributed by atoms with Gasteiger partial charge >= 0.3 is 0 Å². The highest BCUT2D eigenvalue weighted by Gasteiger charge is 2.12. The number of hydrogen-bond acceptors (Lipinski definition) is 3. The van der Waals surface area contributed by atoms with Gasteiger partial charge < -0.3 is 0 Å². The second-order valence-electron chi connectivity index (χ2n) is 2.64. The number of hydrogen-bond donors (Lipinski definition) is 0. The molecule has 0 aromatic heterocycles. The predicted octanol–water partition coefficient (Wildman–Crippen LogP) is 1.77. The normalized spacial score (nSPS) is 10.9. The SMILES string of the molecule is N#Cc1ccc(S(=O)(=O)CCI)cc1. The molecule has 1 aromatic rings. The average Bonchev–Trinajstić information content (AvgIpc) is 2.18. The summed E-state index contributed by atoms with van der Waals surface area (Å²) >= 11 is 2.02. The van der Waals surface area contributed by atoms with E-state index >= 15 is 0 Å². The molecule has 0 aliphatic carbocycles. The molecule has 0 radical (unpaired) electrons. The summed E-state index contributed by atoms with van der Waals surface area (Å²) in [4.78, 5) is 0.285. The quantitative estimate of drug-likeness (QED) is 0.630. The Bertz CT molecular complexity index is 445. The van der Waals surface area contributed by atoms with Crippen molar-refractivity contribution in [1.29, 1.82) is 5.26 Å². The first-order valence-electron chi connectivity index (χ1n) is 3.89. The number of benzene rings is 1. The molecule has 14 heavy (non-hydrogen) atoms. The van der Waals surface area contributed by atoms with Crippen LogP contribution in [0.2, 0.25) is 0 Å². The van der Waals surface area contributed by atoms with Crippen molar-refractivity contribution in [2.45, 2.75) is 4.90 Å². The van der Waals surface area contributed by atoms with E-state index in [1.54, 1.807) is 0 Å². The van der Waals surface area contributed by atoms with E-state index in [1.807, 2.05) is 28.7 Å². The summed E-state index contributed by atoms with van der Waals surface area (Å²) in [6.45, 7) is 0. The van der Waals surface area contributed by atoms with Crippen LogP contribution in [0.4, 0.5) is 0 Å². The van der Waals surface area contributed by atoms with Crippen LogP contribution >= 0.6 is 22.6 Å². The number of rotatable bonds is 3. The van der Waals surface area contributed by atoms with Crippen molar-refractivity contribution in [3.05, 3.63) is 29.8 Å². The molecule has 0 fully saturated rings. The van der Waals surface area contributed by atoms with E-state index in [9.17, 15) is 8.42 Å². The summed E-state index contributed by atoms with van der Waals surface area (Å²) in [7, 11) is -3.15. The van der Waals surface area contributed by atoms with Gasteiger partial charge in [0.1, 0.15) is 0 Å². The Balaban J connectivity index is 3.05. The molecule has 0 bridgehead atoms. The van der Waals surface area contributed by atoms with Crippen molar-refractivity contribution >= 4 is 32.4 Å². The zero-order valence-corrected chi connectivity index (χ0v) is 10.2. The Hall–Kier alpha value is -0.610. The summed E-state index contributed by atoms with van der Waals surface area (Å²) in [5.41, 5.74) is 0.471. The van der Waals surface area contributed by atoms with Crippen LogP contribution in [0, 0.1) is 11.3 Å². The highest BCUT2D eigenvalue weighted by atomic mass is 127. The lowest BCUT2D eigenvalue weighted by Gasteiger charge is -2.01. The number of nitrogens with zero attached hydrogens (tertiary/aromatic N) is 1. The smallest absolute Gasteiger partial charge is 0.179 e. The van der Waals surface area contributed by atoms with Crippen LogP contribution in [0.15, 0.2) is 29.2 Å². The Morgan fingerprint density at radius 2 is 1.86 bits per heavy atom. The molecule has 74 valence electrons. The molecule has 0 unspecified atom stereocenters. The molecule has 5 heteroatoms. The van der Waals surface area contributed by atoms with Gasteiger partial charge in [0.15, 0.2) is 9.84 Å². The topological polar surface area (TPSA) is 57.9 Å². The molecule has 0 amide bonds. The number of halogens is 1. The van der Waals surface area contributed by atoms with Crippen LogP contribution in [0.3, 0.4) is 0 Å². The first kappa shape index (κ1) is 11.5. The largest absolute Gasteiger partial charge is 0.224 e. The predicted molar refractivity (Wildman–Crippen MR) is 62.1 cm³/mol. The maximum Gasteiger partial charge on any atom is 0.179 e. The minimum Gasteiger partial charge on any atom is -0.224 e. The third-order valence-corrected chi connectivity index (χ3v) is 4.69. The molecule has 0 N–H and O–H groups in total. The van der Waals surface area contributed by atoms with Gasteiger partial charge in [-0.25, -0.2) is 8.42 Å². The van der Waals surface area contributed by atoms with E-state index in [-0.39, 0.29) is 10.6 Å². The standard InChI is InChI=1S/C9H8INO2S/c10-5-6-14(12,13)9-3-1-8(7-11)2-4-9/h1-4H,5-6H2. The van der Waals surface area contributed by atoms with Gasteiger partial charge in [-0.15, -0.1) is 0 Å². The number of alkyl halides is 1. The van der Waals surface area contributed by atoms with Gasteiger partial charge in [0.05, 0.1) is 22.3 Å². The molecule has 0 spiro atoms. The van der Waals surface area contributed by atoms with Crippen molar-refractivity contribution in [2.24, 2.45) is 0 Å². The first-order chi connectivity index (χ1) is 6.60. The molecule has 0 saturated carbocycles. The van der Waals surface area contributed by atoms with Crippen molar-refractivity contribution < 1.29 is 8.42 Å². The first-order valence-corrected chi connectivity index (χ1v) is 7.07. The molecule has 0 aliphatic rings. The van der Waals surface area contributed by atoms with E-state index in [1.165, 1.54) is 24.3 Å². The summed E-state index contributed by atoms with van der Waals surface area (Å²) in [6.07, 6.45) is 0. The molecule has 0 atom stereocenters. The highest BCUT2D eigenvalue weighted by Crippen LogP contribution is 2.12. The molecular weight excluding hydrogens is 313 g/mol. The molecule has 0 heterocycles. The maximum absolute atomic E-state index is 11.5. The van der Waals surface area contributed by atoms with Gasteiger partial charge in [-0.05, 0) is 24.3 Å². The van der Waals surface area contributed by atoms with E-state index in [2.05, 4.69) is 0 Å². The van der Waals surface area contributed by atoms with Crippen molar-refractivity contribution in [3.8, 4) is 6.07 Å². The zero-order chi connectivity index (χ0) is 10.6. The number of nitriles is 1. The van der Waals surface area contributed by atoms with Crippen LogP contribution in [0.5, 0.6) is 0 Å². The highest BCUT2D eigenvalue weighted by molar-refractivity contribution is 14.1. The van der Waals surface area contributed by atoms with Crippen molar-refractivity contribution in [2.75, 3.05) is 10.2 Å². The summed E-state index contributed by atoms with van der Waals surface area (Å²) in [6, 6.07) is 7.91. The molecule has 1 rings (SSSR count). The van der Waals surface area contributed by atoms with Crippen LogP contribution in [-0.4, -0.2) is 18.6 Å². The average molecular weight is 321 g/mol. The van der Waals surface area contributed by atoms with E-state index in [0.717, 1.165) is 0 Å².